The Bertz CT molecular complexity index is 1150. The highest BCUT2D eigenvalue weighted by molar-refractivity contribution is 8.26. The Labute approximate surface area is 212 Å². The zero-order valence-electron chi connectivity index (χ0n) is 18.2. The number of likely N-dealkylation sites (tertiary alicyclic amines) is 1. The Kier molecular flexibility index (Phi) is 7.87. The van der Waals surface area contributed by atoms with Gasteiger partial charge in [-0.3, -0.25) is 19.8 Å². The number of nitrogens with one attached hydrogen (secondary N) is 1. The third-order valence-electron chi connectivity index (χ3n) is 5.37. The number of ether oxygens (including phenoxy) is 1. The predicted molar refractivity (Wildman–Crippen MR) is 136 cm³/mol. The lowest BCUT2D eigenvalue weighted by Crippen LogP contribution is -2.44. The van der Waals surface area contributed by atoms with Crippen LogP contribution >= 0.6 is 35.6 Å². The SMILES string of the molecule is O=C(NN1C(=O)/C(=C\c2ccc(OCC(=O)N3CCCCC3)cc2)SC1=S)c1ccccc1Cl. The minimum absolute atomic E-state index is 0.00311. The molecule has 1 N–H and O–H groups in total. The molecule has 2 aromatic rings. The van der Waals surface area contributed by atoms with Crippen LogP contribution in [0.1, 0.15) is 35.2 Å². The van der Waals surface area contributed by atoms with Crippen molar-refractivity contribution in [3.8, 4) is 5.75 Å². The Morgan fingerprint density at radius 2 is 1.79 bits per heavy atom. The molecule has 2 saturated heterocycles. The monoisotopic (exact) mass is 515 g/mol. The molecule has 2 aliphatic rings. The van der Waals surface area contributed by atoms with Gasteiger partial charge in [0.05, 0.1) is 15.5 Å². The summed E-state index contributed by atoms with van der Waals surface area (Å²) in [5, 5.41) is 1.32. The van der Waals surface area contributed by atoms with Crippen LogP contribution in [-0.4, -0.2) is 51.6 Å². The molecule has 2 heterocycles. The van der Waals surface area contributed by atoms with Gasteiger partial charge in [0.1, 0.15) is 5.75 Å². The topological polar surface area (TPSA) is 79.0 Å². The van der Waals surface area contributed by atoms with Crippen LogP contribution in [0.2, 0.25) is 5.02 Å². The van der Waals surface area contributed by atoms with Gasteiger partial charge in [0.15, 0.2) is 10.9 Å². The summed E-state index contributed by atoms with van der Waals surface area (Å²) in [6.07, 6.45) is 4.93. The van der Waals surface area contributed by atoms with E-state index in [1.165, 1.54) is 6.42 Å². The van der Waals surface area contributed by atoms with Crippen LogP contribution in [-0.2, 0) is 9.59 Å². The van der Waals surface area contributed by atoms with Gasteiger partial charge >= 0.3 is 0 Å². The highest BCUT2D eigenvalue weighted by Crippen LogP contribution is 2.32. The van der Waals surface area contributed by atoms with E-state index in [2.05, 4.69) is 5.43 Å². The van der Waals surface area contributed by atoms with Crippen LogP contribution in [0.15, 0.2) is 53.4 Å². The molecule has 0 aromatic heterocycles. The largest absolute Gasteiger partial charge is 0.484 e. The number of thioether (sulfide) groups is 1. The van der Waals surface area contributed by atoms with Gasteiger partial charge in [0, 0.05) is 13.1 Å². The van der Waals surface area contributed by atoms with E-state index in [4.69, 9.17) is 28.6 Å². The first-order chi connectivity index (χ1) is 16.4. The van der Waals surface area contributed by atoms with Gasteiger partial charge < -0.3 is 9.64 Å². The van der Waals surface area contributed by atoms with E-state index in [1.807, 2.05) is 4.90 Å². The molecule has 3 amide bonds. The summed E-state index contributed by atoms with van der Waals surface area (Å²) in [4.78, 5) is 39.8. The minimum Gasteiger partial charge on any atom is -0.484 e. The Hall–Kier alpha value is -2.88. The van der Waals surface area contributed by atoms with E-state index in [0.717, 1.165) is 48.3 Å². The molecule has 4 rings (SSSR count). The van der Waals surface area contributed by atoms with Gasteiger partial charge in [-0.25, -0.2) is 0 Å². The van der Waals surface area contributed by atoms with Gasteiger partial charge in [-0.1, -0.05) is 47.6 Å². The fraction of sp³-hybridized carbons (Fsp3) is 0.250. The second-order valence-electron chi connectivity index (χ2n) is 7.74. The number of nitrogens with zero attached hydrogens (tertiary/aromatic N) is 2. The first-order valence-corrected chi connectivity index (χ1v) is 12.4. The number of carbonyl (C=O) groups is 3. The first-order valence-electron chi connectivity index (χ1n) is 10.8. The summed E-state index contributed by atoms with van der Waals surface area (Å²) >= 11 is 12.4. The zero-order chi connectivity index (χ0) is 24.1. The molecule has 0 atom stereocenters. The van der Waals surface area contributed by atoms with Crippen molar-refractivity contribution in [2.45, 2.75) is 19.3 Å². The number of thiocarbonyl (C=S) groups is 1. The number of piperidine rings is 1. The minimum atomic E-state index is -0.524. The average molecular weight is 516 g/mol. The van der Waals surface area contributed by atoms with Crippen molar-refractivity contribution in [1.29, 1.82) is 0 Å². The molecule has 34 heavy (non-hydrogen) atoms. The molecule has 0 spiro atoms. The van der Waals surface area contributed by atoms with Crippen molar-refractivity contribution in [1.82, 2.24) is 15.3 Å². The molecule has 7 nitrogen and oxygen atoms in total. The van der Waals surface area contributed by atoms with Crippen LogP contribution in [0.3, 0.4) is 0 Å². The molecular weight excluding hydrogens is 494 g/mol. The molecule has 0 saturated carbocycles. The lowest BCUT2D eigenvalue weighted by Gasteiger charge is -2.26. The normalized spacial score (nSPS) is 17.3. The standard InChI is InChI=1S/C24H22ClN3O4S2/c25-19-7-3-2-6-18(19)22(30)26-28-23(31)20(34-24(28)33)14-16-8-10-17(11-9-16)32-15-21(29)27-12-4-1-5-13-27/h2-3,6-11,14H,1,4-5,12-13,15H2,(H,26,30)/b20-14+. The third-order valence-corrected chi connectivity index (χ3v) is 7.01. The van der Waals surface area contributed by atoms with Gasteiger partial charge in [0.2, 0.25) is 0 Å². The van der Waals surface area contributed by atoms with Gasteiger partial charge in [0.25, 0.3) is 17.7 Å². The fourth-order valence-corrected chi connectivity index (χ4v) is 4.96. The van der Waals surface area contributed by atoms with Crippen LogP contribution in [0.25, 0.3) is 6.08 Å². The van der Waals surface area contributed by atoms with Gasteiger partial charge in [-0.05, 0) is 67.4 Å². The van der Waals surface area contributed by atoms with Crippen molar-refractivity contribution >= 4 is 63.7 Å². The van der Waals surface area contributed by atoms with Crippen molar-refractivity contribution in [2.75, 3.05) is 19.7 Å². The lowest BCUT2D eigenvalue weighted by molar-refractivity contribution is -0.134. The predicted octanol–water partition coefficient (Wildman–Crippen LogP) is 4.28. The van der Waals surface area contributed by atoms with Crippen LogP contribution in [0.5, 0.6) is 5.75 Å². The molecular formula is C24H22ClN3O4S2. The molecule has 2 aliphatic heterocycles. The molecule has 0 aliphatic carbocycles. The van der Waals surface area contributed by atoms with Crippen LogP contribution in [0.4, 0.5) is 0 Å². The van der Waals surface area contributed by atoms with E-state index >= 15 is 0 Å². The summed E-state index contributed by atoms with van der Waals surface area (Å²) in [6, 6.07) is 13.6. The fourth-order valence-electron chi connectivity index (χ4n) is 3.56. The highest BCUT2D eigenvalue weighted by Gasteiger charge is 2.34. The molecule has 0 unspecified atom stereocenters. The number of benzene rings is 2. The molecule has 2 fully saturated rings. The van der Waals surface area contributed by atoms with Crippen molar-refractivity contribution in [2.24, 2.45) is 0 Å². The van der Waals surface area contributed by atoms with Crippen molar-refractivity contribution < 1.29 is 19.1 Å². The number of rotatable bonds is 6. The number of hydrazine groups is 1. The summed E-state index contributed by atoms with van der Waals surface area (Å²) < 4.78 is 5.84. The van der Waals surface area contributed by atoms with E-state index in [1.54, 1.807) is 54.6 Å². The van der Waals surface area contributed by atoms with E-state index < -0.39 is 11.8 Å². The van der Waals surface area contributed by atoms with Gasteiger partial charge in [-0.2, -0.15) is 5.01 Å². The zero-order valence-corrected chi connectivity index (χ0v) is 20.5. The number of amides is 3. The number of hydrogen-bond donors (Lipinski definition) is 1. The first kappa shape index (κ1) is 24.3. The quantitative estimate of drug-likeness (QED) is 0.457. The van der Waals surface area contributed by atoms with E-state index in [-0.39, 0.29) is 27.4 Å². The smallest absolute Gasteiger partial charge is 0.285 e. The number of halogens is 1. The third kappa shape index (κ3) is 5.78. The van der Waals surface area contributed by atoms with E-state index in [9.17, 15) is 14.4 Å². The molecule has 10 heteroatoms. The van der Waals surface area contributed by atoms with E-state index in [0.29, 0.717) is 10.7 Å². The van der Waals surface area contributed by atoms with Crippen LogP contribution in [0, 0.1) is 0 Å². The summed E-state index contributed by atoms with van der Waals surface area (Å²) in [5.74, 6) is -0.389. The molecule has 176 valence electrons. The maximum atomic E-state index is 12.8. The Morgan fingerprint density at radius 3 is 2.50 bits per heavy atom. The summed E-state index contributed by atoms with van der Waals surface area (Å²) in [7, 11) is 0. The van der Waals surface area contributed by atoms with Crippen molar-refractivity contribution in [3.63, 3.8) is 0 Å². The molecule has 0 radical (unpaired) electrons. The lowest BCUT2D eigenvalue weighted by atomic mass is 10.1. The van der Waals surface area contributed by atoms with Gasteiger partial charge in [-0.15, -0.1) is 0 Å². The number of hydrogen-bond acceptors (Lipinski definition) is 6. The summed E-state index contributed by atoms with van der Waals surface area (Å²) in [5.41, 5.74) is 3.52. The number of carbonyl (C=O) groups excluding carboxylic acids is 3. The Balaban J connectivity index is 1.35. The molecule has 2 aromatic carbocycles. The van der Waals surface area contributed by atoms with Crippen LogP contribution < -0.4 is 10.2 Å². The maximum Gasteiger partial charge on any atom is 0.285 e. The maximum absolute atomic E-state index is 12.8. The van der Waals surface area contributed by atoms with Crippen molar-refractivity contribution in [3.05, 3.63) is 69.6 Å². The summed E-state index contributed by atoms with van der Waals surface area (Å²) in [6.45, 7) is 1.58. The Morgan fingerprint density at radius 1 is 1.09 bits per heavy atom. The highest BCUT2D eigenvalue weighted by atomic mass is 35.5. The second-order valence-corrected chi connectivity index (χ2v) is 9.82. The molecule has 0 bridgehead atoms. The average Bonchev–Trinajstić information content (AvgIpc) is 3.11. The second kappa shape index (κ2) is 11.0.